The number of nitrogens with zero attached hydrogens (tertiary/aromatic N) is 3. The third-order valence-electron chi connectivity index (χ3n) is 11.4. The first-order valence-corrected chi connectivity index (χ1v) is 23.8. The minimum absolute atomic E-state index is 0. The van der Waals surface area contributed by atoms with E-state index < -0.39 is 8.07 Å². The van der Waals surface area contributed by atoms with Gasteiger partial charge in [-0.2, -0.15) is 11.6 Å². The number of hydrogen-bond acceptors (Lipinski definition) is 3. The van der Waals surface area contributed by atoms with Gasteiger partial charge >= 0.3 is 0 Å². The van der Waals surface area contributed by atoms with Crippen LogP contribution in [0.5, 0.6) is 0 Å². The Morgan fingerprint density at radius 3 is 1.88 bits per heavy atom. The number of fused-ring (bicyclic) bond motifs is 1. The van der Waals surface area contributed by atoms with E-state index in [4.69, 9.17) is 4.98 Å². The summed E-state index contributed by atoms with van der Waals surface area (Å²) in [6.45, 7) is 9.75. The van der Waals surface area contributed by atoms with Gasteiger partial charge < -0.3 is 9.97 Å². The van der Waals surface area contributed by atoms with Gasteiger partial charge in [0, 0.05) is 43.8 Å². The van der Waals surface area contributed by atoms with Gasteiger partial charge in [0.25, 0.3) is 0 Å². The zero-order valence-corrected chi connectivity index (χ0v) is 37.1. The van der Waals surface area contributed by atoms with Gasteiger partial charge in [0.05, 0.1) is 8.07 Å². The summed E-state index contributed by atoms with van der Waals surface area (Å²) >= 11 is 0. The predicted molar refractivity (Wildman–Crippen MR) is 242 cm³/mol. The summed E-state index contributed by atoms with van der Waals surface area (Å²) in [7, 11) is -1.49. The van der Waals surface area contributed by atoms with Gasteiger partial charge in [-0.3, -0.25) is 4.98 Å². The van der Waals surface area contributed by atoms with E-state index in [1.807, 2.05) is 42.6 Å². The first kappa shape index (κ1) is 40.9. The molecular formula is C53H49IrN3Si-2. The van der Waals surface area contributed by atoms with E-state index in [1.165, 1.54) is 63.9 Å². The third kappa shape index (κ3) is 9.35. The van der Waals surface area contributed by atoms with Gasteiger partial charge in [0.2, 0.25) is 0 Å². The maximum Gasteiger partial charge on any atom is 0.0798 e. The molecular weight excluding hydrogens is 899 g/mol. The largest absolute Gasteiger partial charge is 0.321 e. The summed E-state index contributed by atoms with van der Waals surface area (Å²) in [5, 5.41) is 3.99. The third-order valence-corrected chi connectivity index (χ3v) is 13.5. The SMILES string of the molecule is CC(c1cc(-c2[c-]cnc(-c3ccc4ccccc4c3)c2)ncc1[Si](C)(C)C)C1CCCC1.[Ir].[c-]1ccccc1-c1cc(-c2ccccc2)c(-c2ccccc2)cn1. The van der Waals surface area contributed by atoms with Gasteiger partial charge in [-0.15, -0.1) is 42.0 Å². The molecule has 1 unspecified atom stereocenters. The molecule has 1 atom stereocenters. The minimum Gasteiger partial charge on any atom is -0.321 e. The van der Waals surface area contributed by atoms with Crippen molar-refractivity contribution in [1.82, 2.24) is 15.0 Å². The van der Waals surface area contributed by atoms with Crippen LogP contribution in [0.25, 0.3) is 66.8 Å². The summed E-state index contributed by atoms with van der Waals surface area (Å²) in [6, 6.07) is 57.1. The van der Waals surface area contributed by atoms with Gasteiger partial charge in [-0.25, -0.2) is 0 Å². The molecule has 0 bridgehead atoms. The van der Waals surface area contributed by atoms with E-state index in [1.54, 1.807) is 6.20 Å². The number of rotatable bonds is 8. The van der Waals surface area contributed by atoms with Gasteiger partial charge in [-0.05, 0) is 86.5 Å². The Balaban J connectivity index is 0.000000182. The Hall–Kier alpha value is -5.32. The smallest absolute Gasteiger partial charge is 0.0798 e. The summed E-state index contributed by atoms with van der Waals surface area (Å²) < 4.78 is 0. The molecule has 0 N–H and O–H groups in total. The molecule has 5 heteroatoms. The van der Waals surface area contributed by atoms with Crippen molar-refractivity contribution in [1.29, 1.82) is 0 Å². The van der Waals surface area contributed by atoms with Crippen LogP contribution in [0.3, 0.4) is 0 Å². The zero-order chi connectivity index (χ0) is 39.2. The molecule has 5 aromatic carbocycles. The molecule has 0 spiro atoms. The first-order valence-electron chi connectivity index (χ1n) is 20.3. The average molecular weight is 948 g/mol. The Morgan fingerprint density at radius 1 is 0.552 bits per heavy atom. The van der Waals surface area contributed by atoms with Crippen molar-refractivity contribution in [2.24, 2.45) is 5.92 Å². The number of pyridine rings is 3. The van der Waals surface area contributed by atoms with Crippen molar-refractivity contribution < 1.29 is 20.1 Å². The van der Waals surface area contributed by atoms with Crippen molar-refractivity contribution in [3.05, 3.63) is 182 Å². The standard InChI is InChI=1S/C30H33N2Si.C23H16N.Ir/c1-21(22-9-5-6-10-22)27-19-29(32-20-30(27)33(2,3)4)26-15-16-31-28(18-26)25-14-13-23-11-7-8-12-24(23)17-25;1-4-10-18(11-5-1)21-16-23(20-14-8-3-9-15-20)24-17-22(21)19-12-6-2-7-13-19;/h7-8,11-14,16-22H,5-6,9-10H2,1-4H3;1-14,16-17H;/q2*-1;. The average Bonchev–Trinajstić information content (AvgIpc) is 3.82. The zero-order valence-electron chi connectivity index (χ0n) is 33.7. The Morgan fingerprint density at radius 2 is 1.19 bits per heavy atom. The minimum atomic E-state index is -1.49. The molecule has 0 aliphatic heterocycles. The van der Waals surface area contributed by atoms with Crippen LogP contribution in [-0.2, 0) is 20.1 Å². The van der Waals surface area contributed by atoms with Crippen LogP contribution in [0.1, 0.15) is 44.1 Å². The Kier molecular flexibility index (Phi) is 13.0. The van der Waals surface area contributed by atoms with Gasteiger partial charge in [0.1, 0.15) is 0 Å². The summed E-state index contributed by atoms with van der Waals surface area (Å²) in [5.74, 6) is 1.38. The fourth-order valence-corrected chi connectivity index (χ4v) is 9.85. The van der Waals surface area contributed by atoms with E-state index in [-0.39, 0.29) is 20.1 Å². The molecule has 1 aliphatic rings. The predicted octanol–water partition coefficient (Wildman–Crippen LogP) is 13.5. The molecule has 1 saturated carbocycles. The molecule has 0 amide bonds. The molecule has 3 aromatic heterocycles. The van der Waals surface area contributed by atoms with E-state index in [2.05, 4.69) is 164 Å². The van der Waals surface area contributed by atoms with Gasteiger partial charge in [-0.1, -0.05) is 154 Å². The summed E-state index contributed by atoms with van der Waals surface area (Å²) in [5.41, 5.74) is 12.3. The molecule has 3 heterocycles. The molecule has 1 radical (unpaired) electrons. The maximum absolute atomic E-state index is 4.95. The Labute approximate surface area is 359 Å². The second-order valence-corrected chi connectivity index (χ2v) is 21.3. The van der Waals surface area contributed by atoms with Crippen molar-refractivity contribution in [3.8, 4) is 56.0 Å². The summed E-state index contributed by atoms with van der Waals surface area (Å²) in [6.07, 6.45) is 11.4. The van der Waals surface area contributed by atoms with Gasteiger partial charge in [0.15, 0.2) is 0 Å². The van der Waals surface area contributed by atoms with E-state index in [9.17, 15) is 0 Å². The molecule has 8 aromatic rings. The fraction of sp³-hybridized carbons (Fsp3) is 0.189. The molecule has 1 aliphatic carbocycles. The van der Waals surface area contributed by atoms with Crippen molar-refractivity contribution >= 4 is 24.0 Å². The number of aromatic nitrogens is 3. The quantitative estimate of drug-likeness (QED) is 0.113. The molecule has 1 fully saturated rings. The monoisotopic (exact) mass is 948 g/mol. The van der Waals surface area contributed by atoms with E-state index >= 15 is 0 Å². The van der Waals surface area contributed by atoms with E-state index in [0.717, 1.165) is 45.3 Å². The van der Waals surface area contributed by atoms with Crippen LogP contribution in [0, 0.1) is 18.1 Å². The van der Waals surface area contributed by atoms with Crippen LogP contribution in [0.2, 0.25) is 19.6 Å². The van der Waals surface area contributed by atoms with Crippen molar-refractivity contribution in [2.75, 3.05) is 0 Å². The second kappa shape index (κ2) is 18.5. The van der Waals surface area contributed by atoms with Crippen molar-refractivity contribution in [2.45, 2.75) is 58.2 Å². The number of hydrogen-bond donors (Lipinski definition) is 0. The van der Waals surface area contributed by atoms with E-state index in [0.29, 0.717) is 5.92 Å². The second-order valence-electron chi connectivity index (χ2n) is 16.3. The first-order chi connectivity index (χ1) is 27.8. The molecule has 3 nitrogen and oxygen atoms in total. The van der Waals surface area contributed by atoms with Crippen LogP contribution in [0.4, 0.5) is 0 Å². The fourth-order valence-electron chi connectivity index (χ4n) is 8.23. The van der Waals surface area contributed by atoms with Crippen LogP contribution in [-0.4, -0.2) is 23.0 Å². The molecule has 9 rings (SSSR count). The van der Waals surface area contributed by atoms with Crippen LogP contribution in [0.15, 0.2) is 164 Å². The van der Waals surface area contributed by atoms with Crippen molar-refractivity contribution in [3.63, 3.8) is 0 Å². The van der Waals surface area contributed by atoms with Crippen LogP contribution >= 0.6 is 0 Å². The topological polar surface area (TPSA) is 38.7 Å². The maximum atomic E-state index is 4.95. The molecule has 0 saturated heterocycles. The molecule has 291 valence electrons. The summed E-state index contributed by atoms with van der Waals surface area (Å²) in [4.78, 5) is 14.3. The number of benzene rings is 5. The molecule has 58 heavy (non-hydrogen) atoms. The normalized spacial score (nSPS) is 13.3. The Bertz CT molecular complexity index is 2580. The van der Waals surface area contributed by atoms with Crippen LogP contribution < -0.4 is 5.19 Å².